The Balaban J connectivity index is 1.45. The van der Waals surface area contributed by atoms with E-state index >= 15 is 0 Å². The highest BCUT2D eigenvalue weighted by Gasteiger charge is 2.26. The number of rotatable bonds is 4. The Morgan fingerprint density at radius 2 is 1.84 bits per heavy atom. The number of hydrogen-bond acceptors (Lipinski definition) is 4. The molecule has 0 atom stereocenters. The highest BCUT2D eigenvalue weighted by atomic mass is 16.5. The van der Waals surface area contributed by atoms with E-state index in [0.717, 1.165) is 64.9 Å². The van der Waals surface area contributed by atoms with Gasteiger partial charge in [-0.05, 0) is 43.9 Å². The van der Waals surface area contributed by atoms with Crippen LogP contribution in [0.5, 0.6) is 0 Å². The van der Waals surface area contributed by atoms with Gasteiger partial charge in [0.1, 0.15) is 5.65 Å². The minimum absolute atomic E-state index is 0.371. The lowest BCUT2D eigenvalue weighted by atomic mass is 9.84. The third-order valence-electron chi connectivity index (χ3n) is 6.49. The summed E-state index contributed by atoms with van der Waals surface area (Å²) in [5.74, 6) is 0.435. The minimum Gasteiger partial charge on any atom is -0.381 e. The van der Waals surface area contributed by atoms with Crippen LogP contribution in [0.15, 0.2) is 61.2 Å². The van der Waals surface area contributed by atoms with Crippen molar-refractivity contribution in [3.63, 3.8) is 0 Å². The summed E-state index contributed by atoms with van der Waals surface area (Å²) >= 11 is 0. The van der Waals surface area contributed by atoms with Gasteiger partial charge < -0.3 is 9.72 Å². The molecule has 5 aromatic rings. The van der Waals surface area contributed by atoms with E-state index in [-0.39, 0.29) is 0 Å². The van der Waals surface area contributed by atoms with Gasteiger partial charge in [0.15, 0.2) is 5.65 Å². The molecule has 1 aromatic carbocycles. The lowest BCUT2D eigenvalue weighted by Gasteiger charge is -2.27. The zero-order valence-electron chi connectivity index (χ0n) is 17.4. The molecule has 4 aromatic heterocycles. The largest absolute Gasteiger partial charge is 0.381 e. The Hall–Kier alpha value is -3.45. The second kappa shape index (κ2) is 7.35. The fourth-order valence-corrected chi connectivity index (χ4v) is 4.80. The highest BCUT2D eigenvalue weighted by molar-refractivity contribution is 5.86. The van der Waals surface area contributed by atoms with Crippen LogP contribution in [0.1, 0.15) is 37.3 Å². The summed E-state index contributed by atoms with van der Waals surface area (Å²) in [5, 5.41) is 10.4. The fraction of sp³-hybridized carbons (Fsp3) is 0.292. The Kier molecular flexibility index (Phi) is 4.35. The van der Waals surface area contributed by atoms with E-state index < -0.39 is 0 Å². The number of nitrogens with zero attached hydrogens (tertiary/aromatic N) is 5. The maximum Gasteiger partial charge on any atom is 0.165 e. The van der Waals surface area contributed by atoms with Gasteiger partial charge in [0.05, 0.1) is 29.9 Å². The number of fused-ring (bicyclic) bond motifs is 3. The Morgan fingerprint density at radius 1 is 1.00 bits per heavy atom. The summed E-state index contributed by atoms with van der Waals surface area (Å²) in [4.78, 5) is 8.54. The van der Waals surface area contributed by atoms with Crippen LogP contribution in [-0.4, -0.2) is 42.6 Å². The van der Waals surface area contributed by atoms with Crippen molar-refractivity contribution in [2.45, 2.75) is 37.7 Å². The smallest absolute Gasteiger partial charge is 0.165 e. The van der Waals surface area contributed by atoms with E-state index in [9.17, 15) is 0 Å². The van der Waals surface area contributed by atoms with Crippen LogP contribution in [-0.2, 0) is 4.74 Å². The van der Waals surface area contributed by atoms with Crippen molar-refractivity contribution in [2.24, 2.45) is 0 Å². The second-order valence-corrected chi connectivity index (χ2v) is 8.25. The molecule has 0 spiro atoms. The van der Waals surface area contributed by atoms with Gasteiger partial charge in [-0.25, -0.2) is 9.67 Å². The van der Waals surface area contributed by atoms with Crippen molar-refractivity contribution in [3.8, 4) is 16.8 Å². The third kappa shape index (κ3) is 3.04. The lowest BCUT2D eigenvalue weighted by molar-refractivity contribution is 0.0656. The topological polar surface area (TPSA) is 73.0 Å². The van der Waals surface area contributed by atoms with Crippen molar-refractivity contribution in [2.75, 3.05) is 7.11 Å². The Morgan fingerprint density at radius 3 is 2.65 bits per heavy atom. The van der Waals surface area contributed by atoms with Crippen molar-refractivity contribution >= 4 is 16.7 Å². The first-order valence-electron chi connectivity index (χ1n) is 10.8. The molecule has 4 heterocycles. The fourth-order valence-electron chi connectivity index (χ4n) is 4.80. The molecular formula is C24H24N6O. The molecule has 156 valence electrons. The highest BCUT2D eigenvalue weighted by Crippen LogP contribution is 2.37. The molecule has 0 unspecified atom stereocenters. The quantitative estimate of drug-likeness (QED) is 0.463. The first-order valence-corrected chi connectivity index (χ1v) is 10.8. The van der Waals surface area contributed by atoms with Crippen molar-refractivity contribution in [3.05, 3.63) is 66.9 Å². The summed E-state index contributed by atoms with van der Waals surface area (Å²) in [6, 6.07) is 12.2. The minimum atomic E-state index is 0.371. The SMILES string of the molecule is COC1CCC(c2nc3c(-c4cnn(-c5ccccc5)c4)cnn3c3[nH]ccc23)CC1. The van der Waals surface area contributed by atoms with E-state index in [0.29, 0.717) is 12.0 Å². The zero-order chi connectivity index (χ0) is 20.8. The Labute approximate surface area is 179 Å². The molecule has 31 heavy (non-hydrogen) atoms. The standard InChI is InChI=1S/C24H24N6O/c1-31-19-9-7-16(8-10-19)22-20-11-12-25-23(20)30-24(28-22)21(14-27-30)17-13-26-29(15-17)18-5-3-2-4-6-18/h2-6,11-16,19,25H,7-10H2,1H3. The van der Waals surface area contributed by atoms with E-state index in [1.54, 1.807) is 0 Å². The van der Waals surface area contributed by atoms with Crippen LogP contribution in [0.3, 0.4) is 0 Å². The van der Waals surface area contributed by atoms with Crippen molar-refractivity contribution < 1.29 is 4.74 Å². The number of methoxy groups -OCH3 is 1. The van der Waals surface area contributed by atoms with Gasteiger partial charge in [-0.2, -0.15) is 14.7 Å². The van der Waals surface area contributed by atoms with Gasteiger partial charge in [0.25, 0.3) is 0 Å². The van der Waals surface area contributed by atoms with Gasteiger partial charge in [0, 0.05) is 41.9 Å². The normalized spacial score (nSPS) is 19.4. The molecule has 1 aliphatic carbocycles. The third-order valence-corrected chi connectivity index (χ3v) is 6.49. The molecule has 1 fully saturated rings. The summed E-state index contributed by atoms with van der Waals surface area (Å²) < 4.78 is 9.37. The van der Waals surface area contributed by atoms with Gasteiger partial charge in [0.2, 0.25) is 0 Å². The molecule has 1 N–H and O–H groups in total. The number of aromatic nitrogens is 6. The van der Waals surface area contributed by atoms with Crippen LogP contribution in [0.2, 0.25) is 0 Å². The molecule has 7 heteroatoms. The van der Waals surface area contributed by atoms with Gasteiger partial charge in [-0.1, -0.05) is 18.2 Å². The van der Waals surface area contributed by atoms with Gasteiger partial charge in [-0.3, -0.25) is 0 Å². The molecule has 0 radical (unpaired) electrons. The number of ether oxygens (including phenoxy) is 1. The predicted molar refractivity (Wildman–Crippen MR) is 119 cm³/mol. The van der Waals surface area contributed by atoms with Crippen LogP contribution >= 0.6 is 0 Å². The van der Waals surface area contributed by atoms with E-state index in [1.807, 2.05) is 71.4 Å². The first-order chi connectivity index (χ1) is 15.3. The van der Waals surface area contributed by atoms with Gasteiger partial charge >= 0.3 is 0 Å². The maximum atomic E-state index is 5.57. The van der Waals surface area contributed by atoms with Crippen LogP contribution in [0.4, 0.5) is 0 Å². The van der Waals surface area contributed by atoms with Crippen molar-refractivity contribution in [1.29, 1.82) is 0 Å². The molecule has 6 rings (SSSR count). The molecule has 0 aliphatic heterocycles. The van der Waals surface area contributed by atoms with Crippen molar-refractivity contribution in [1.82, 2.24) is 29.4 Å². The first kappa shape index (κ1) is 18.3. The molecule has 0 bridgehead atoms. The number of hydrogen-bond donors (Lipinski definition) is 1. The van der Waals surface area contributed by atoms with Crippen LogP contribution < -0.4 is 0 Å². The van der Waals surface area contributed by atoms with E-state index in [1.165, 1.54) is 0 Å². The summed E-state index contributed by atoms with van der Waals surface area (Å²) in [6.45, 7) is 0. The second-order valence-electron chi connectivity index (χ2n) is 8.25. The Bertz CT molecular complexity index is 1340. The summed E-state index contributed by atoms with van der Waals surface area (Å²) in [6.07, 6.45) is 12.5. The molecular weight excluding hydrogens is 388 g/mol. The number of H-pyrrole nitrogens is 1. The molecule has 0 saturated heterocycles. The monoisotopic (exact) mass is 412 g/mol. The molecule has 1 aliphatic rings. The number of benzene rings is 1. The van der Waals surface area contributed by atoms with E-state index in [2.05, 4.69) is 21.2 Å². The molecule has 0 amide bonds. The number of para-hydroxylation sites is 1. The number of nitrogens with one attached hydrogen (secondary N) is 1. The molecule has 7 nitrogen and oxygen atoms in total. The van der Waals surface area contributed by atoms with Gasteiger partial charge in [-0.15, -0.1) is 0 Å². The molecule has 1 saturated carbocycles. The number of aromatic amines is 1. The average molecular weight is 412 g/mol. The average Bonchev–Trinajstić information content (AvgIpc) is 3.58. The zero-order valence-corrected chi connectivity index (χ0v) is 17.4. The maximum absolute atomic E-state index is 5.57. The van der Waals surface area contributed by atoms with Crippen LogP contribution in [0.25, 0.3) is 33.5 Å². The summed E-state index contributed by atoms with van der Waals surface area (Å²) in [5.41, 5.74) is 6.05. The van der Waals surface area contributed by atoms with Crippen LogP contribution in [0, 0.1) is 0 Å². The summed E-state index contributed by atoms with van der Waals surface area (Å²) in [7, 11) is 1.81. The predicted octanol–water partition coefficient (Wildman–Crippen LogP) is 4.74. The van der Waals surface area contributed by atoms with E-state index in [4.69, 9.17) is 9.72 Å². The lowest BCUT2D eigenvalue weighted by Crippen LogP contribution is -2.20.